The van der Waals surface area contributed by atoms with E-state index in [4.69, 9.17) is 9.47 Å². The Balaban J connectivity index is 1.83. The molecule has 0 unspecified atom stereocenters. The lowest BCUT2D eigenvalue weighted by Gasteiger charge is -2.15. The second kappa shape index (κ2) is 11.3. The van der Waals surface area contributed by atoms with E-state index in [0.717, 1.165) is 23.3 Å². The number of benzene rings is 3. The molecule has 0 aromatic heterocycles. The van der Waals surface area contributed by atoms with Gasteiger partial charge in [0, 0.05) is 5.69 Å². The highest BCUT2D eigenvalue weighted by molar-refractivity contribution is 14.1. The lowest BCUT2D eigenvalue weighted by molar-refractivity contribution is -0.137. The second-order valence-electron chi connectivity index (χ2n) is 7.45. The zero-order chi connectivity index (χ0) is 25.6. The average Bonchev–Trinajstić information content (AvgIpc) is 2.82. The fourth-order valence-electron chi connectivity index (χ4n) is 3.17. The summed E-state index contributed by atoms with van der Waals surface area (Å²) in [7, 11) is 1.48. The van der Waals surface area contributed by atoms with Crippen LogP contribution in [0.5, 0.6) is 11.5 Å². The Labute approximate surface area is 214 Å². The molecule has 0 saturated carbocycles. The van der Waals surface area contributed by atoms with E-state index in [1.807, 2.05) is 31.2 Å². The maximum Gasteiger partial charge on any atom is 0.416 e. The molecule has 0 aliphatic carbocycles. The number of anilines is 1. The number of hydrogen-bond acceptors (Lipinski definition) is 4. The van der Waals surface area contributed by atoms with Gasteiger partial charge in [-0.3, -0.25) is 4.79 Å². The molecule has 0 atom stereocenters. The van der Waals surface area contributed by atoms with Crippen molar-refractivity contribution in [1.82, 2.24) is 0 Å². The van der Waals surface area contributed by atoms with Gasteiger partial charge in [-0.05, 0) is 82.6 Å². The van der Waals surface area contributed by atoms with Crippen LogP contribution in [0, 0.1) is 21.8 Å². The van der Waals surface area contributed by atoms with E-state index >= 15 is 0 Å². The van der Waals surface area contributed by atoms with Crippen LogP contribution in [0.15, 0.2) is 66.2 Å². The minimum atomic E-state index is -4.55. The number of carbonyl (C=O) groups is 1. The lowest BCUT2D eigenvalue weighted by Crippen LogP contribution is -2.14. The summed E-state index contributed by atoms with van der Waals surface area (Å²) in [6, 6.07) is 17.1. The quantitative estimate of drug-likeness (QED) is 0.187. The summed E-state index contributed by atoms with van der Waals surface area (Å²) in [6.07, 6.45) is -3.22. The van der Waals surface area contributed by atoms with Gasteiger partial charge in [0.15, 0.2) is 11.5 Å². The highest BCUT2D eigenvalue weighted by atomic mass is 127. The van der Waals surface area contributed by atoms with Crippen molar-refractivity contribution in [3.05, 3.63) is 92.1 Å². The van der Waals surface area contributed by atoms with Crippen molar-refractivity contribution in [2.45, 2.75) is 19.7 Å². The fourth-order valence-corrected chi connectivity index (χ4v) is 3.95. The topological polar surface area (TPSA) is 71.3 Å². The summed E-state index contributed by atoms with van der Waals surface area (Å²) in [5, 5.41) is 11.8. The summed E-state index contributed by atoms with van der Waals surface area (Å²) < 4.78 is 50.9. The van der Waals surface area contributed by atoms with Crippen LogP contribution in [0.2, 0.25) is 0 Å². The van der Waals surface area contributed by atoms with Crippen molar-refractivity contribution in [1.29, 1.82) is 5.26 Å². The molecule has 3 rings (SSSR count). The van der Waals surface area contributed by atoms with Crippen LogP contribution in [-0.4, -0.2) is 13.0 Å². The van der Waals surface area contributed by atoms with E-state index in [0.29, 0.717) is 27.2 Å². The Kier molecular flexibility index (Phi) is 8.40. The normalized spacial score (nSPS) is 11.5. The van der Waals surface area contributed by atoms with Crippen LogP contribution < -0.4 is 14.8 Å². The van der Waals surface area contributed by atoms with E-state index in [9.17, 15) is 23.2 Å². The molecule has 0 bridgehead atoms. The van der Waals surface area contributed by atoms with E-state index in [1.165, 1.54) is 25.3 Å². The van der Waals surface area contributed by atoms with E-state index in [-0.39, 0.29) is 11.3 Å². The van der Waals surface area contributed by atoms with Gasteiger partial charge in [-0.1, -0.05) is 30.3 Å². The van der Waals surface area contributed by atoms with Crippen LogP contribution in [0.4, 0.5) is 18.9 Å². The van der Waals surface area contributed by atoms with Crippen molar-refractivity contribution < 1.29 is 27.4 Å². The highest BCUT2D eigenvalue weighted by Gasteiger charge is 2.30. The molecule has 0 spiro atoms. The van der Waals surface area contributed by atoms with Crippen LogP contribution in [0.3, 0.4) is 0 Å². The third kappa shape index (κ3) is 6.76. The second-order valence-corrected chi connectivity index (χ2v) is 8.61. The smallest absolute Gasteiger partial charge is 0.416 e. The Bertz CT molecular complexity index is 1310. The number of rotatable bonds is 7. The summed E-state index contributed by atoms with van der Waals surface area (Å²) in [4.78, 5) is 12.6. The summed E-state index contributed by atoms with van der Waals surface area (Å²) in [5.74, 6) is 0.0911. The molecule has 0 radical (unpaired) electrons. The van der Waals surface area contributed by atoms with Gasteiger partial charge in [0.1, 0.15) is 18.2 Å². The summed E-state index contributed by atoms with van der Waals surface area (Å²) in [6.45, 7) is 2.32. The Morgan fingerprint density at radius 2 is 1.89 bits per heavy atom. The first kappa shape index (κ1) is 26.1. The molecule has 0 fully saturated rings. The summed E-state index contributed by atoms with van der Waals surface area (Å²) in [5.41, 5.74) is 1.34. The first-order valence-electron chi connectivity index (χ1n) is 10.3. The Hall–Kier alpha value is -3.52. The summed E-state index contributed by atoms with van der Waals surface area (Å²) >= 11 is 2.07. The Morgan fingerprint density at radius 1 is 1.14 bits per heavy atom. The number of aryl methyl sites for hydroxylation is 1. The minimum absolute atomic E-state index is 0.0712. The van der Waals surface area contributed by atoms with Gasteiger partial charge < -0.3 is 14.8 Å². The van der Waals surface area contributed by atoms with Gasteiger partial charge in [0.2, 0.25) is 0 Å². The molecule has 35 heavy (non-hydrogen) atoms. The van der Waals surface area contributed by atoms with Crippen LogP contribution >= 0.6 is 22.6 Å². The fraction of sp³-hybridized carbons (Fsp3) is 0.154. The molecule has 1 N–H and O–H groups in total. The van der Waals surface area contributed by atoms with Crippen LogP contribution in [0.1, 0.15) is 22.3 Å². The van der Waals surface area contributed by atoms with Crippen molar-refractivity contribution in [2.24, 2.45) is 0 Å². The third-order valence-electron chi connectivity index (χ3n) is 5.01. The number of hydrogen-bond donors (Lipinski definition) is 1. The highest BCUT2D eigenvalue weighted by Crippen LogP contribution is 2.35. The van der Waals surface area contributed by atoms with Gasteiger partial charge in [-0.15, -0.1) is 0 Å². The zero-order valence-electron chi connectivity index (χ0n) is 18.7. The first-order chi connectivity index (χ1) is 16.6. The van der Waals surface area contributed by atoms with E-state index in [2.05, 4.69) is 27.9 Å². The standard InChI is InChI=1S/C26H20F3IN2O3/c1-16-6-3-4-7-18(16)15-35-24-22(30)11-17(12-23(24)34-2)10-19(14-31)25(33)32-21-9-5-8-20(13-21)26(27,28)29/h3-13H,15H2,1-2H3,(H,32,33). The van der Waals surface area contributed by atoms with E-state index in [1.54, 1.807) is 18.2 Å². The molecule has 0 heterocycles. The maximum absolute atomic E-state index is 12.9. The molecule has 3 aromatic rings. The van der Waals surface area contributed by atoms with Crippen molar-refractivity contribution >= 4 is 40.3 Å². The monoisotopic (exact) mass is 592 g/mol. The van der Waals surface area contributed by atoms with Crippen molar-refractivity contribution in [3.63, 3.8) is 0 Å². The molecule has 5 nitrogen and oxygen atoms in total. The molecule has 0 aliphatic heterocycles. The molecular weight excluding hydrogens is 572 g/mol. The molecule has 0 aliphatic rings. The predicted molar refractivity (Wildman–Crippen MR) is 135 cm³/mol. The largest absolute Gasteiger partial charge is 0.493 e. The number of amides is 1. The number of methoxy groups -OCH3 is 1. The maximum atomic E-state index is 12.9. The molecule has 1 amide bonds. The number of nitrogens with zero attached hydrogens (tertiary/aromatic N) is 1. The third-order valence-corrected chi connectivity index (χ3v) is 5.81. The molecule has 9 heteroatoms. The van der Waals surface area contributed by atoms with Gasteiger partial charge in [0.25, 0.3) is 5.91 Å². The van der Waals surface area contributed by atoms with Crippen LogP contribution in [-0.2, 0) is 17.6 Å². The number of ether oxygens (including phenoxy) is 2. The van der Waals surface area contributed by atoms with E-state index < -0.39 is 17.6 Å². The Morgan fingerprint density at radius 3 is 2.54 bits per heavy atom. The number of alkyl halides is 3. The number of nitrogens with one attached hydrogen (secondary N) is 1. The van der Waals surface area contributed by atoms with Crippen molar-refractivity contribution in [2.75, 3.05) is 12.4 Å². The molecule has 180 valence electrons. The number of carbonyl (C=O) groups excluding carboxylic acids is 1. The number of halogens is 4. The van der Waals surface area contributed by atoms with Gasteiger partial charge in [-0.25, -0.2) is 0 Å². The van der Waals surface area contributed by atoms with Crippen LogP contribution in [0.25, 0.3) is 6.08 Å². The number of nitriles is 1. The van der Waals surface area contributed by atoms with Gasteiger partial charge in [-0.2, -0.15) is 18.4 Å². The van der Waals surface area contributed by atoms with Gasteiger partial charge >= 0.3 is 6.18 Å². The zero-order valence-corrected chi connectivity index (χ0v) is 20.9. The minimum Gasteiger partial charge on any atom is -0.493 e. The predicted octanol–water partition coefficient (Wildman–Crippen LogP) is 6.75. The SMILES string of the molecule is COc1cc(C=C(C#N)C(=O)Nc2cccc(C(F)(F)F)c2)cc(I)c1OCc1ccccc1C. The molecule has 0 saturated heterocycles. The first-order valence-corrected chi connectivity index (χ1v) is 11.4. The van der Waals surface area contributed by atoms with Gasteiger partial charge in [0.05, 0.1) is 16.2 Å². The average molecular weight is 592 g/mol. The molecular formula is C26H20F3IN2O3. The van der Waals surface area contributed by atoms with Crippen molar-refractivity contribution in [3.8, 4) is 17.6 Å². The molecule has 3 aromatic carbocycles. The lowest BCUT2D eigenvalue weighted by atomic mass is 10.1.